The Labute approximate surface area is 211 Å². The zero-order valence-corrected chi connectivity index (χ0v) is 20.5. The quantitative estimate of drug-likeness (QED) is 0.350. The van der Waals surface area contributed by atoms with E-state index in [1.165, 1.54) is 19.2 Å². The first-order valence-corrected chi connectivity index (χ1v) is 11.6. The van der Waals surface area contributed by atoms with E-state index in [1.807, 2.05) is 49.0 Å². The van der Waals surface area contributed by atoms with Crippen molar-refractivity contribution in [1.29, 1.82) is 0 Å². The van der Waals surface area contributed by atoms with Crippen LogP contribution in [0.4, 0.5) is 10.3 Å². The molecule has 2 aromatic carbocycles. The fourth-order valence-electron chi connectivity index (χ4n) is 4.28. The predicted molar refractivity (Wildman–Crippen MR) is 138 cm³/mol. The molecule has 10 heteroatoms. The summed E-state index contributed by atoms with van der Waals surface area (Å²) in [7, 11) is 3.32. The van der Waals surface area contributed by atoms with Crippen LogP contribution in [0, 0.1) is 5.82 Å². The average molecular weight is 501 g/mol. The number of aromatic nitrogens is 4. The third-order valence-corrected chi connectivity index (χ3v) is 6.12. The number of benzene rings is 2. The maximum atomic E-state index is 13.6. The van der Waals surface area contributed by atoms with Gasteiger partial charge in [-0.3, -0.25) is 14.9 Å². The van der Waals surface area contributed by atoms with Gasteiger partial charge in [0.2, 0.25) is 5.95 Å². The third kappa shape index (κ3) is 4.91. The normalized spacial score (nSPS) is 12.1. The first kappa shape index (κ1) is 24.1. The molecule has 0 saturated heterocycles. The number of ether oxygens (including phenoxy) is 1. The van der Waals surface area contributed by atoms with Crippen molar-refractivity contribution in [1.82, 2.24) is 24.5 Å². The molecule has 1 unspecified atom stereocenters. The van der Waals surface area contributed by atoms with Gasteiger partial charge in [-0.15, -0.1) is 5.10 Å². The molecule has 5 aromatic rings. The van der Waals surface area contributed by atoms with E-state index in [0.29, 0.717) is 16.8 Å². The van der Waals surface area contributed by atoms with Gasteiger partial charge in [-0.1, -0.05) is 18.2 Å². The van der Waals surface area contributed by atoms with E-state index in [4.69, 9.17) is 4.74 Å². The minimum Gasteiger partial charge on any atom is -0.375 e. The second-order valence-corrected chi connectivity index (χ2v) is 8.77. The Bertz CT molecular complexity index is 1640. The highest BCUT2D eigenvalue weighted by Crippen LogP contribution is 2.28. The molecule has 3 heterocycles. The molecule has 0 spiro atoms. The maximum absolute atomic E-state index is 13.6. The first-order chi connectivity index (χ1) is 17.8. The zero-order chi connectivity index (χ0) is 26.1. The van der Waals surface area contributed by atoms with Crippen LogP contribution in [0.25, 0.3) is 27.7 Å². The number of hydrogen-bond donors (Lipinski definition) is 2. The summed E-state index contributed by atoms with van der Waals surface area (Å²) in [5.41, 5.74) is 4.42. The molecule has 1 atom stereocenters. The largest absolute Gasteiger partial charge is 0.375 e. The molecular weight excluding hydrogens is 475 g/mol. The molecule has 0 bridgehead atoms. The van der Waals surface area contributed by atoms with Crippen molar-refractivity contribution in [3.05, 3.63) is 83.9 Å². The number of nitrogens with zero attached hydrogens (tertiary/aromatic N) is 4. The first-order valence-electron chi connectivity index (χ1n) is 11.6. The van der Waals surface area contributed by atoms with Crippen LogP contribution in [-0.2, 0) is 16.6 Å². The number of methoxy groups -OCH3 is 1. The number of amides is 2. The van der Waals surface area contributed by atoms with Gasteiger partial charge < -0.3 is 14.6 Å². The van der Waals surface area contributed by atoms with Crippen molar-refractivity contribution in [3.63, 3.8) is 0 Å². The number of nitrogens with one attached hydrogen (secondary N) is 2. The predicted octanol–water partition coefficient (Wildman–Crippen LogP) is 4.10. The third-order valence-electron chi connectivity index (χ3n) is 6.12. The van der Waals surface area contributed by atoms with Gasteiger partial charge in [0.1, 0.15) is 12.4 Å². The minimum atomic E-state index is -0.366. The highest BCUT2D eigenvalue weighted by atomic mass is 19.1. The van der Waals surface area contributed by atoms with Gasteiger partial charge in [0, 0.05) is 43.0 Å². The number of aryl methyl sites for hydroxylation is 1. The van der Waals surface area contributed by atoms with Crippen LogP contribution in [0.1, 0.15) is 28.9 Å². The molecule has 188 valence electrons. The highest BCUT2D eigenvalue weighted by molar-refractivity contribution is 6.08. The molecule has 0 aliphatic rings. The Balaban J connectivity index is 1.44. The van der Waals surface area contributed by atoms with Crippen LogP contribution >= 0.6 is 0 Å². The molecule has 37 heavy (non-hydrogen) atoms. The van der Waals surface area contributed by atoms with Gasteiger partial charge in [-0.25, -0.2) is 8.91 Å². The van der Waals surface area contributed by atoms with Crippen LogP contribution < -0.4 is 10.6 Å². The molecule has 2 amide bonds. The summed E-state index contributed by atoms with van der Waals surface area (Å²) < 4.78 is 21.9. The summed E-state index contributed by atoms with van der Waals surface area (Å²) in [6, 6.07) is 15.4. The lowest BCUT2D eigenvalue weighted by molar-refractivity contribution is -0.119. The van der Waals surface area contributed by atoms with E-state index >= 15 is 0 Å². The Hall–Kier alpha value is -4.57. The van der Waals surface area contributed by atoms with Crippen molar-refractivity contribution < 1.29 is 18.7 Å². The number of anilines is 1. The van der Waals surface area contributed by atoms with E-state index in [1.54, 1.807) is 28.9 Å². The molecular formula is C27H25FN6O3. The monoisotopic (exact) mass is 500 g/mol. The SMILES string of the molecule is COCC(=O)Nc1nc2ccc(-c3ccc4c(c3)c(C(=O)NC(C)c3cccc(F)c3)cn4C)cn2n1. The van der Waals surface area contributed by atoms with Crippen molar-refractivity contribution in [2.45, 2.75) is 13.0 Å². The van der Waals surface area contributed by atoms with E-state index in [2.05, 4.69) is 20.7 Å². The number of hydrogen-bond acceptors (Lipinski definition) is 5. The number of pyridine rings is 1. The van der Waals surface area contributed by atoms with E-state index in [-0.39, 0.29) is 36.2 Å². The number of carbonyl (C=O) groups is 2. The molecule has 0 saturated carbocycles. The lowest BCUT2D eigenvalue weighted by atomic mass is 10.0. The zero-order valence-electron chi connectivity index (χ0n) is 20.5. The van der Waals surface area contributed by atoms with Gasteiger partial charge in [0.05, 0.1) is 11.6 Å². The summed E-state index contributed by atoms with van der Waals surface area (Å²) in [6.07, 6.45) is 3.60. The van der Waals surface area contributed by atoms with Gasteiger partial charge in [-0.05, 0) is 54.4 Å². The van der Waals surface area contributed by atoms with Crippen LogP contribution in [0.2, 0.25) is 0 Å². The van der Waals surface area contributed by atoms with E-state index < -0.39 is 0 Å². The van der Waals surface area contributed by atoms with E-state index in [0.717, 1.165) is 22.0 Å². The van der Waals surface area contributed by atoms with Gasteiger partial charge in [0.15, 0.2) is 5.65 Å². The van der Waals surface area contributed by atoms with E-state index in [9.17, 15) is 14.0 Å². The standard InChI is InChI=1S/C27H25FN6O3/c1-16(17-5-4-6-20(28)11-17)29-26(36)22-14-33(2)23-9-7-18(12-21(22)23)19-8-10-24-30-27(32-34(24)13-19)31-25(35)15-37-3/h4-14,16H,15H2,1-3H3,(H,29,36)(H,31,32,35). The molecule has 0 aliphatic heterocycles. The van der Waals surface area contributed by atoms with Crippen molar-refractivity contribution in [3.8, 4) is 11.1 Å². The van der Waals surface area contributed by atoms with Crippen LogP contribution in [0.3, 0.4) is 0 Å². The summed E-state index contributed by atoms with van der Waals surface area (Å²) >= 11 is 0. The summed E-state index contributed by atoms with van der Waals surface area (Å²) in [5.74, 6) is -0.750. The van der Waals surface area contributed by atoms with Crippen LogP contribution in [-0.4, -0.2) is 44.7 Å². The average Bonchev–Trinajstić information content (AvgIpc) is 3.43. The Morgan fingerprint density at radius 2 is 1.89 bits per heavy atom. The fourth-order valence-corrected chi connectivity index (χ4v) is 4.28. The molecule has 0 aliphatic carbocycles. The molecule has 9 nitrogen and oxygen atoms in total. The Kier molecular flexibility index (Phi) is 6.41. The topological polar surface area (TPSA) is 103 Å². The fraction of sp³-hybridized carbons (Fsp3) is 0.185. The lowest BCUT2D eigenvalue weighted by Crippen LogP contribution is -2.26. The molecule has 2 N–H and O–H groups in total. The smallest absolute Gasteiger partial charge is 0.253 e. The molecule has 0 radical (unpaired) electrons. The molecule has 3 aromatic heterocycles. The second kappa shape index (κ2) is 9.82. The van der Waals surface area contributed by atoms with Crippen LogP contribution in [0.15, 0.2) is 67.0 Å². The Morgan fingerprint density at radius 3 is 2.68 bits per heavy atom. The van der Waals surface area contributed by atoms with Crippen molar-refractivity contribution in [2.75, 3.05) is 19.0 Å². The number of fused-ring (bicyclic) bond motifs is 2. The maximum Gasteiger partial charge on any atom is 0.253 e. The Morgan fingerprint density at radius 1 is 1.08 bits per heavy atom. The highest BCUT2D eigenvalue weighted by Gasteiger charge is 2.18. The summed E-state index contributed by atoms with van der Waals surface area (Å²) in [5, 5.41) is 10.7. The summed E-state index contributed by atoms with van der Waals surface area (Å²) in [6.45, 7) is 1.73. The molecule has 5 rings (SSSR count). The molecule has 0 fully saturated rings. The van der Waals surface area contributed by atoms with Gasteiger partial charge >= 0.3 is 0 Å². The van der Waals surface area contributed by atoms with Crippen LogP contribution in [0.5, 0.6) is 0 Å². The lowest BCUT2D eigenvalue weighted by Gasteiger charge is -2.14. The number of carbonyl (C=O) groups excluding carboxylic acids is 2. The van der Waals surface area contributed by atoms with Gasteiger partial charge in [-0.2, -0.15) is 4.98 Å². The summed E-state index contributed by atoms with van der Waals surface area (Å²) in [4.78, 5) is 29.3. The number of rotatable bonds is 7. The van der Waals surface area contributed by atoms with Crippen molar-refractivity contribution >= 4 is 34.3 Å². The minimum absolute atomic E-state index is 0.0885. The van der Waals surface area contributed by atoms with Gasteiger partial charge in [0.25, 0.3) is 11.8 Å². The van der Waals surface area contributed by atoms with Crippen molar-refractivity contribution in [2.24, 2.45) is 7.05 Å². The second-order valence-electron chi connectivity index (χ2n) is 8.77. The number of halogens is 1.